The maximum atomic E-state index is 9.26. The molecule has 0 amide bonds. The number of nitriles is 1. The molecule has 1 aromatic rings. The van der Waals surface area contributed by atoms with Gasteiger partial charge < -0.3 is 10.1 Å². The summed E-state index contributed by atoms with van der Waals surface area (Å²) in [5, 5.41) is 12.8. The minimum Gasteiger partial charge on any atom is -0.381 e. The molecule has 0 radical (unpaired) electrons. The molecule has 2 atom stereocenters. The molecule has 0 bridgehead atoms. The third-order valence-corrected chi connectivity index (χ3v) is 3.76. The van der Waals surface area contributed by atoms with E-state index in [4.69, 9.17) is 4.74 Å². The highest BCUT2D eigenvalue weighted by molar-refractivity contribution is 5.60. The number of aryl methyl sites for hydroxylation is 2. The Bertz CT molecular complexity index is 493. The minimum atomic E-state index is 0.334. The average molecular weight is 259 g/mol. The molecule has 1 aromatic heterocycles. The molecular formula is C15H21N3O. The van der Waals surface area contributed by atoms with Gasteiger partial charge in [-0.15, -0.1) is 0 Å². The van der Waals surface area contributed by atoms with Crippen molar-refractivity contribution in [1.82, 2.24) is 4.98 Å². The van der Waals surface area contributed by atoms with E-state index in [0.717, 1.165) is 36.3 Å². The van der Waals surface area contributed by atoms with Crippen LogP contribution in [0.3, 0.4) is 0 Å². The molecule has 1 fully saturated rings. The fourth-order valence-electron chi connectivity index (χ4n) is 2.79. The molecule has 4 heteroatoms. The van der Waals surface area contributed by atoms with Crippen LogP contribution in [0.4, 0.5) is 5.69 Å². The summed E-state index contributed by atoms with van der Waals surface area (Å²) in [6, 6.07) is 4.59. The standard InChI is InChI=1S/C15H21N3O/c1-10-7-15(14(9-16)11(2)17-10)18-12-5-4-6-13(8-12)19-3/h7,12-13H,4-6,8H2,1-3H3,(H,17,18). The molecule has 4 nitrogen and oxygen atoms in total. The smallest absolute Gasteiger partial charge is 0.103 e. The number of anilines is 1. The van der Waals surface area contributed by atoms with Gasteiger partial charge in [0.15, 0.2) is 0 Å². The van der Waals surface area contributed by atoms with Crippen molar-refractivity contribution in [2.24, 2.45) is 0 Å². The molecule has 1 heterocycles. The number of rotatable bonds is 3. The first-order valence-corrected chi connectivity index (χ1v) is 6.81. The fourth-order valence-corrected chi connectivity index (χ4v) is 2.79. The van der Waals surface area contributed by atoms with Gasteiger partial charge in [-0.2, -0.15) is 5.26 Å². The van der Waals surface area contributed by atoms with Crippen LogP contribution in [-0.2, 0) is 4.74 Å². The van der Waals surface area contributed by atoms with Crippen LogP contribution in [0.15, 0.2) is 6.07 Å². The molecule has 102 valence electrons. The van der Waals surface area contributed by atoms with E-state index < -0.39 is 0 Å². The van der Waals surface area contributed by atoms with Gasteiger partial charge >= 0.3 is 0 Å². The quantitative estimate of drug-likeness (QED) is 0.906. The number of methoxy groups -OCH3 is 1. The molecule has 0 spiro atoms. The number of pyridine rings is 1. The minimum absolute atomic E-state index is 0.334. The summed E-state index contributed by atoms with van der Waals surface area (Å²) in [4.78, 5) is 4.34. The topological polar surface area (TPSA) is 57.9 Å². The van der Waals surface area contributed by atoms with Crippen LogP contribution >= 0.6 is 0 Å². The SMILES string of the molecule is COC1CCCC(Nc2cc(C)nc(C)c2C#N)C1. The molecule has 19 heavy (non-hydrogen) atoms. The summed E-state index contributed by atoms with van der Waals surface area (Å²) in [6.07, 6.45) is 4.77. The maximum Gasteiger partial charge on any atom is 0.103 e. The summed E-state index contributed by atoms with van der Waals surface area (Å²) in [6.45, 7) is 3.84. The lowest BCUT2D eigenvalue weighted by Gasteiger charge is -2.30. The number of nitrogens with zero attached hydrogens (tertiary/aromatic N) is 2. The van der Waals surface area contributed by atoms with Gasteiger partial charge in [0, 0.05) is 18.8 Å². The summed E-state index contributed by atoms with van der Waals surface area (Å²) >= 11 is 0. The Morgan fingerprint density at radius 1 is 1.42 bits per heavy atom. The third-order valence-electron chi connectivity index (χ3n) is 3.76. The van der Waals surface area contributed by atoms with Crippen molar-refractivity contribution in [3.63, 3.8) is 0 Å². The second kappa shape index (κ2) is 6.03. The van der Waals surface area contributed by atoms with Gasteiger partial charge in [0.2, 0.25) is 0 Å². The zero-order valence-electron chi connectivity index (χ0n) is 11.9. The second-order valence-electron chi connectivity index (χ2n) is 5.25. The summed E-state index contributed by atoms with van der Waals surface area (Å²) in [5.41, 5.74) is 3.31. The van der Waals surface area contributed by atoms with Crippen molar-refractivity contribution < 1.29 is 4.74 Å². The van der Waals surface area contributed by atoms with E-state index >= 15 is 0 Å². The highest BCUT2D eigenvalue weighted by Gasteiger charge is 2.22. The monoisotopic (exact) mass is 259 g/mol. The van der Waals surface area contributed by atoms with Gasteiger partial charge in [0.05, 0.1) is 23.0 Å². The molecular weight excluding hydrogens is 238 g/mol. The first-order valence-electron chi connectivity index (χ1n) is 6.81. The van der Waals surface area contributed by atoms with Crippen molar-refractivity contribution >= 4 is 5.69 Å². The Morgan fingerprint density at radius 2 is 2.21 bits per heavy atom. The summed E-state index contributed by atoms with van der Waals surface area (Å²) in [7, 11) is 1.77. The van der Waals surface area contributed by atoms with Crippen LogP contribution in [0.25, 0.3) is 0 Å². The molecule has 2 unspecified atom stereocenters. The average Bonchev–Trinajstić information content (AvgIpc) is 2.38. The Kier molecular flexibility index (Phi) is 4.39. The fraction of sp³-hybridized carbons (Fsp3) is 0.600. The Labute approximate surface area is 114 Å². The molecule has 0 aromatic carbocycles. The first-order chi connectivity index (χ1) is 9.13. The number of hydrogen-bond donors (Lipinski definition) is 1. The molecule has 1 aliphatic rings. The second-order valence-corrected chi connectivity index (χ2v) is 5.25. The van der Waals surface area contributed by atoms with E-state index in [1.165, 1.54) is 6.42 Å². The number of ether oxygens (including phenoxy) is 1. The molecule has 0 aliphatic heterocycles. The van der Waals surface area contributed by atoms with Gasteiger partial charge in [-0.1, -0.05) is 0 Å². The van der Waals surface area contributed by atoms with Crippen LogP contribution in [0, 0.1) is 25.2 Å². The van der Waals surface area contributed by atoms with Gasteiger partial charge in [-0.25, -0.2) is 0 Å². The van der Waals surface area contributed by atoms with Crippen LogP contribution in [0.1, 0.15) is 42.6 Å². The highest BCUT2D eigenvalue weighted by Crippen LogP contribution is 2.26. The lowest BCUT2D eigenvalue weighted by Crippen LogP contribution is -2.31. The predicted octanol–water partition coefficient (Wildman–Crippen LogP) is 2.94. The molecule has 1 N–H and O–H groups in total. The lowest BCUT2D eigenvalue weighted by molar-refractivity contribution is 0.0669. The Balaban J connectivity index is 2.17. The number of nitrogens with one attached hydrogen (secondary N) is 1. The Hall–Kier alpha value is -1.60. The van der Waals surface area contributed by atoms with Gasteiger partial charge in [0.25, 0.3) is 0 Å². The van der Waals surface area contributed by atoms with Crippen molar-refractivity contribution in [1.29, 1.82) is 5.26 Å². The lowest BCUT2D eigenvalue weighted by atomic mass is 9.92. The third kappa shape index (κ3) is 3.24. The van der Waals surface area contributed by atoms with E-state index in [2.05, 4.69) is 16.4 Å². The predicted molar refractivity (Wildman–Crippen MR) is 75.1 cm³/mol. The summed E-state index contributed by atoms with van der Waals surface area (Å²) < 4.78 is 5.45. The number of hydrogen-bond acceptors (Lipinski definition) is 4. The van der Waals surface area contributed by atoms with E-state index in [1.54, 1.807) is 7.11 Å². The number of aromatic nitrogens is 1. The van der Waals surface area contributed by atoms with Gasteiger partial charge in [0.1, 0.15) is 6.07 Å². The maximum absolute atomic E-state index is 9.26. The normalized spacial score (nSPS) is 22.8. The Morgan fingerprint density at radius 3 is 2.89 bits per heavy atom. The van der Waals surface area contributed by atoms with Gasteiger partial charge in [-0.3, -0.25) is 4.98 Å². The van der Waals surface area contributed by atoms with Crippen molar-refractivity contribution in [2.45, 2.75) is 51.7 Å². The highest BCUT2D eigenvalue weighted by atomic mass is 16.5. The molecule has 0 saturated heterocycles. The van der Waals surface area contributed by atoms with E-state index in [1.807, 2.05) is 19.9 Å². The molecule has 1 saturated carbocycles. The van der Waals surface area contributed by atoms with Crippen molar-refractivity contribution in [2.75, 3.05) is 12.4 Å². The van der Waals surface area contributed by atoms with Crippen molar-refractivity contribution in [3.05, 3.63) is 23.0 Å². The van der Waals surface area contributed by atoms with Crippen LogP contribution in [0.2, 0.25) is 0 Å². The largest absolute Gasteiger partial charge is 0.381 e. The first kappa shape index (κ1) is 13.8. The van der Waals surface area contributed by atoms with Crippen molar-refractivity contribution in [3.8, 4) is 6.07 Å². The summed E-state index contributed by atoms with van der Waals surface area (Å²) in [5.74, 6) is 0. The zero-order valence-corrected chi connectivity index (χ0v) is 11.9. The van der Waals surface area contributed by atoms with E-state index in [-0.39, 0.29) is 0 Å². The van der Waals surface area contributed by atoms with Crippen LogP contribution in [-0.4, -0.2) is 24.2 Å². The van der Waals surface area contributed by atoms with Crippen LogP contribution < -0.4 is 5.32 Å². The molecule has 1 aliphatic carbocycles. The zero-order chi connectivity index (χ0) is 13.8. The van der Waals surface area contributed by atoms with Crippen LogP contribution in [0.5, 0.6) is 0 Å². The van der Waals surface area contributed by atoms with Gasteiger partial charge in [-0.05, 0) is 45.6 Å². The van der Waals surface area contributed by atoms with E-state index in [9.17, 15) is 5.26 Å². The molecule has 2 rings (SSSR count). The van der Waals surface area contributed by atoms with E-state index in [0.29, 0.717) is 17.7 Å².